The van der Waals surface area contributed by atoms with Crippen molar-refractivity contribution in [3.63, 3.8) is 0 Å². The Morgan fingerprint density at radius 3 is 2.42 bits per heavy atom. The minimum atomic E-state index is -4.49. The number of halogens is 3. The van der Waals surface area contributed by atoms with Crippen molar-refractivity contribution < 1.29 is 18.0 Å². The lowest BCUT2D eigenvalue weighted by Gasteiger charge is -2.21. The maximum absolute atomic E-state index is 12.8. The first-order chi connectivity index (χ1) is 12.3. The molecule has 2 saturated heterocycles. The summed E-state index contributed by atoms with van der Waals surface area (Å²) in [5, 5.41) is 0. The lowest BCUT2D eigenvalue weighted by Crippen LogP contribution is -2.34. The molecular weight excluding hydrogens is 349 g/mol. The van der Waals surface area contributed by atoms with Crippen molar-refractivity contribution in [2.24, 2.45) is 18.9 Å². The van der Waals surface area contributed by atoms with Crippen molar-refractivity contribution in [1.82, 2.24) is 24.4 Å². The highest BCUT2D eigenvalue weighted by Crippen LogP contribution is 2.34. The predicted molar refractivity (Wildman–Crippen MR) is 85.3 cm³/mol. The molecule has 4 rings (SSSR count). The maximum atomic E-state index is 12.8. The summed E-state index contributed by atoms with van der Waals surface area (Å²) in [4.78, 5) is 27.7. The van der Waals surface area contributed by atoms with Gasteiger partial charge < -0.3 is 14.4 Å². The summed E-state index contributed by atoms with van der Waals surface area (Å²) in [7, 11) is 1.80. The van der Waals surface area contributed by atoms with Crippen molar-refractivity contribution in [1.29, 1.82) is 0 Å². The monoisotopic (exact) mass is 366 g/mol. The van der Waals surface area contributed by atoms with Crippen molar-refractivity contribution in [3.05, 3.63) is 36.2 Å². The first-order valence-corrected chi connectivity index (χ1v) is 8.23. The topological polar surface area (TPSA) is 67.2 Å². The van der Waals surface area contributed by atoms with Crippen LogP contribution in [0.5, 0.6) is 0 Å². The molecule has 2 atom stereocenters. The molecule has 2 aromatic heterocycles. The van der Waals surface area contributed by atoms with Crippen LogP contribution < -0.4 is 4.90 Å². The summed E-state index contributed by atoms with van der Waals surface area (Å²) in [5.41, 5.74) is -0.531. The molecule has 0 saturated carbocycles. The van der Waals surface area contributed by atoms with Gasteiger partial charge >= 0.3 is 6.18 Å². The Morgan fingerprint density at radius 2 is 1.85 bits per heavy atom. The van der Waals surface area contributed by atoms with Gasteiger partial charge in [-0.25, -0.2) is 15.0 Å². The highest BCUT2D eigenvalue weighted by molar-refractivity contribution is 5.92. The van der Waals surface area contributed by atoms with E-state index >= 15 is 0 Å². The number of likely N-dealkylation sites (tertiary alicyclic amines) is 1. The molecule has 2 unspecified atom stereocenters. The van der Waals surface area contributed by atoms with Crippen molar-refractivity contribution in [3.8, 4) is 0 Å². The number of alkyl halides is 3. The van der Waals surface area contributed by atoms with Gasteiger partial charge in [-0.15, -0.1) is 0 Å². The zero-order chi connectivity index (χ0) is 18.5. The van der Waals surface area contributed by atoms with E-state index < -0.39 is 11.9 Å². The molecule has 2 fully saturated rings. The second kappa shape index (κ2) is 5.96. The van der Waals surface area contributed by atoms with Gasteiger partial charge in [-0.1, -0.05) is 0 Å². The molecule has 2 aliphatic heterocycles. The van der Waals surface area contributed by atoms with E-state index in [0.29, 0.717) is 31.9 Å². The van der Waals surface area contributed by atoms with E-state index in [4.69, 9.17) is 0 Å². The summed E-state index contributed by atoms with van der Waals surface area (Å²) in [6.45, 7) is 2.21. The Kier molecular flexibility index (Phi) is 3.85. The maximum Gasteiger partial charge on any atom is 0.433 e. The molecule has 0 bridgehead atoms. The van der Waals surface area contributed by atoms with Crippen LogP contribution in [-0.2, 0) is 13.2 Å². The fraction of sp³-hybridized carbons (Fsp3) is 0.500. The highest BCUT2D eigenvalue weighted by Gasteiger charge is 2.43. The second-order valence-electron chi connectivity index (χ2n) is 6.80. The number of nitrogens with zero attached hydrogens (tertiary/aromatic N) is 6. The van der Waals surface area contributed by atoms with Gasteiger partial charge in [-0.05, 0) is 6.07 Å². The Balaban J connectivity index is 1.43. The molecule has 4 heterocycles. The van der Waals surface area contributed by atoms with Gasteiger partial charge in [0.05, 0.1) is 6.33 Å². The first-order valence-electron chi connectivity index (χ1n) is 8.23. The number of carbonyl (C=O) groups excluding carboxylic acids is 1. The van der Waals surface area contributed by atoms with Crippen LogP contribution in [0.25, 0.3) is 0 Å². The summed E-state index contributed by atoms with van der Waals surface area (Å²) in [5.74, 6) is 0.375. The molecule has 0 spiro atoms. The summed E-state index contributed by atoms with van der Waals surface area (Å²) < 4.78 is 40.2. The number of anilines is 1. The van der Waals surface area contributed by atoms with Crippen LogP contribution in [0, 0.1) is 11.8 Å². The molecule has 2 aliphatic rings. The smallest absolute Gasteiger partial charge is 0.340 e. The normalized spacial score (nSPS) is 22.8. The Labute approximate surface area is 147 Å². The summed E-state index contributed by atoms with van der Waals surface area (Å²) in [6.07, 6.45) is -0.0919. The van der Waals surface area contributed by atoms with E-state index in [-0.39, 0.29) is 23.7 Å². The third-order valence-electron chi connectivity index (χ3n) is 4.91. The Morgan fingerprint density at radius 1 is 1.15 bits per heavy atom. The van der Waals surface area contributed by atoms with Gasteiger partial charge in [-0.3, -0.25) is 4.79 Å². The molecular formula is C16H17F3N6O. The van der Waals surface area contributed by atoms with Crippen molar-refractivity contribution in [2.45, 2.75) is 6.18 Å². The van der Waals surface area contributed by atoms with Crippen LogP contribution in [0.2, 0.25) is 0 Å². The molecule has 0 N–H and O–H groups in total. The van der Waals surface area contributed by atoms with Crippen LogP contribution in [0.1, 0.15) is 16.2 Å². The van der Waals surface area contributed by atoms with Gasteiger partial charge in [-0.2, -0.15) is 13.2 Å². The predicted octanol–water partition coefficient (Wildman–Crippen LogP) is 1.44. The Bertz CT molecular complexity index is 821. The lowest BCUT2D eigenvalue weighted by molar-refractivity contribution is -0.141. The zero-order valence-electron chi connectivity index (χ0n) is 14.0. The van der Waals surface area contributed by atoms with E-state index in [0.717, 1.165) is 12.3 Å². The number of fused-ring (bicyclic) bond motifs is 1. The summed E-state index contributed by atoms with van der Waals surface area (Å²) in [6, 6.07) is 0.869. The minimum absolute atomic E-state index is 0.0943. The van der Waals surface area contributed by atoms with Crippen LogP contribution in [-0.4, -0.2) is 56.5 Å². The Hall–Kier alpha value is -2.65. The SMILES string of the molecule is Cn1cnc(C(=O)N2CC3CN(c4nccc(C(F)(F)F)n4)CC3C2)c1. The molecule has 2 aromatic rings. The van der Waals surface area contributed by atoms with Crippen molar-refractivity contribution >= 4 is 11.9 Å². The average Bonchev–Trinajstić information content (AvgIpc) is 3.27. The number of carbonyl (C=O) groups is 1. The highest BCUT2D eigenvalue weighted by atomic mass is 19.4. The van der Waals surface area contributed by atoms with E-state index in [1.165, 1.54) is 0 Å². The second-order valence-corrected chi connectivity index (χ2v) is 6.80. The molecule has 1 amide bonds. The summed E-state index contributed by atoms with van der Waals surface area (Å²) >= 11 is 0. The van der Waals surface area contributed by atoms with E-state index in [1.54, 1.807) is 33.9 Å². The van der Waals surface area contributed by atoms with Crippen LogP contribution in [0.3, 0.4) is 0 Å². The van der Waals surface area contributed by atoms with E-state index in [2.05, 4.69) is 15.0 Å². The number of aromatic nitrogens is 4. The third-order valence-corrected chi connectivity index (χ3v) is 4.91. The number of hydrogen-bond donors (Lipinski definition) is 0. The molecule has 10 heteroatoms. The standard InChI is InChI=1S/C16H17F3N6O/c1-23-8-12(21-9-23)14(26)24-4-10-6-25(7-11(10)5-24)15-20-3-2-13(22-15)16(17,18)19/h2-3,8-11H,4-7H2,1H3. The molecule has 0 aliphatic carbocycles. The molecule has 138 valence electrons. The van der Waals surface area contributed by atoms with Gasteiger partial charge in [0.1, 0.15) is 11.4 Å². The number of rotatable bonds is 2. The van der Waals surface area contributed by atoms with Gasteiger partial charge in [0.25, 0.3) is 5.91 Å². The number of imidazole rings is 1. The number of aryl methyl sites for hydroxylation is 1. The average molecular weight is 366 g/mol. The van der Waals surface area contributed by atoms with Gasteiger partial charge in [0.2, 0.25) is 5.95 Å². The quantitative estimate of drug-likeness (QED) is 0.805. The zero-order valence-corrected chi connectivity index (χ0v) is 14.0. The van der Waals surface area contributed by atoms with E-state index in [1.807, 2.05) is 0 Å². The van der Waals surface area contributed by atoms with Gasteiger partial charge in [0.15, 0.2) is 0 Å². The molecule has 0 aromatic carbocycles. The largest absolute Gasteiger partial charge is 0.433 e. The molecule has 7 nitrogen and oxygen atoms in total. The molecule has 26 heavy (non-hydrogen) atoms. The van der Waals surface area contributed by atoms with E-state index in [9.17, 15) is 18.0 Å². The fourth-order valence-corrected chi connectivity index (χ4v) is 3.67. The van der Waals surface area contributed by atoms with Gasteiger partial charge in [0, 0.05) is 57.5 Å². The van der Waals surface area contributed by atoms with Crippen molar-refractivity contribution in [2.75, 3.05) is 31.1 Å². The first kappa shape index (κ1) is 16.8. The fourth-order valence-electron chi connectivity index (χ4n) is 3.67. The third kappa shape index (κ3) is 2.99. The number of hydrogen-bond acceptors (Lipinski definition) is 5. The lowest BCUT2D eigenvalue weighted by atomic mass is 10.0. The minimum Gasteiger partial charge on any atom is -0.340 e. The van der Waals surface area contributed by atoms with Crippen LogP contribution >= 0.6 is 0 Å². The molecule has 0 radical (unpaired) electrons. The number of amides is 1. The van der Waals surface area contributed by atoms with Crippen LogP contribution in [0.15, 0.2) is 24.8 Å². The van der Waals surface area contributed by atoms with Crippen LogP contribution in [0.4, 0.5) is 19.1 Å².